The second-order valence-corrected chi connectivity index (χ2v) is 7.25. The zero-order chi connectivity index (χ0) is 17.4. The molecule has 4 nitrogen and oxygen atoms in total. The molecule has 0 radical (unpaired) electrons. The number of nitrogens with zero attached hydrogens (tertiary/aromatic N) is 1. The van der Waals surface area contributed by atoms with Gasteiger partial charge in [0.25, 0.3) is 0 Å². The summed E-state index contributed by atoms with van der Waals surface area (Å²) in [5.74, 6) is 0. The normalized spacial score (nSPS) is 29.1. The Morgan fingerprint density at radius 3 is 1.72 bits per heavy atom. The van der Waals surface area contributed by atoms with Crippen molar-refractivity contribution in [1.82, 2.24) is 4.90 Å². The van der Waals surface area contributed by atoms with Gasteiger partial charge in [-0.05, 0) is 31.4 Å². The molecule has 2 aromatic rings. The molecule has 4 heteroatoms. The van der Waals surface area contributed by atoms with E-state index < -0.39 is 0 Å². The fourth-order valence-electron chi connectivity index (χ4n) is 3.90. The number of aliphatic hydroxyl groups excluding tert-OH is 1. The number of ether oxygens (including phenoxy) is 2. The molecule has 132 valence electrons. The van der Waals surface area contributed by atoms with Gasteiger partial charge in [0.15, 0.2) is 0 Å². The van der Waals surface area contributed by atoms with Crippen molar-refractivity contribution in [1.29, 1.82) is 0 Å². The summed E-state index contributed by atoms with van der Waals surface area (Å²) in [6.45, 7) is 5.46. The van der Waals surface area contributed by atoms with Gasteiger partial charge in [-0.15, -0.1) is 0 Å². The zero-order valence-corrected chi connectivity index (χ0v) is 14.8. The summed E-state index contributed by atoms with van der Waals surface area (Å²) < 4.78 is 12.4. The van der Waals surface area contributed by atoms with Crippen molar-refractivity contribution >= 4 is 0 Å². The molecule has 2 aliphatic heterocycles. The molecule has 2 aliphatic rings. The summed E-state index contributed by atoms with van der Waals surface area (Å²) in [6.07, 6.45) is 0.347. The number of aliphatic hydroxyl groups is 1. The Kier molecular flexibility index (Phi) is 4.38. The van der Waals surface area contributed by atoms with Crippen molar-refractivity contribution in [2.45, 2.75) is 38.3 Å². The highest BCUT2D eigenvalue weighted by Crippen LogP contribution is 2.50. The van der Waals surface area contributed by atoms with Crippen molar-refractivity contribution in [2.75, 3.05) is 19.8 Å². The van der Waals surface area contributed by atoms with E-state index in [1.807, 2.05) is 0 Å². The highest BCUT2D eigenvalue weighted by Gasteiger charge is 2.56. The highest BCUT2D eigenvalue weighted by molar-refractivity contribution is 5.28. The summed E-state index contributed by atoms with van der Waals surface area (Å²) in [5.41, 5.74) is 4.47. The van der Waals surface area contributed by atoms with E-state index in [-0.39, 0.29) is 24.6 Å². The van der Waals surface area contributed by atoms with Gasteiger partial charge in [-0.3, -0.25) is 0 Å². The Morgan fingerprint density at radius 2 is 1.32 bits per heavy atom. The lowest BCUT2D eigenvalue weighted by Crippen LogP contribution is -2.45. The Labute approximate surface area is 149 Å². The van der Waals surface area contributed by atoms with Gasteiger partial charge in [-0.25, -0.2) is 4.90 Å². The van der Waals surface area contributed by atoms with Crippen LogP contribution in [0.1, 0.15) is 41.1 Å². The SMILES string of the molecule is Cc1ccc(C2OC[C@]3(CCO)CO[C@@H](c4ccc(C)cc4)N23)cc1. The second kappa shape index (κ2) is 6.54. The molecule has 1 N–H and O–H groups in total. The lowest BCUT2D eigenvalue weighted by Gasteiger charge is -2.34. The number of hydrogen-bond donors (Lipinski definition) is 1. The average Bonchev–Trinajstić information content (AvgIpc) is 3.14. The molecule has 0 spiro atoms. The Bertz CT molecular complexity index is 668. The molecule has 2 fully saturated rings. The van der Waals surface area contributed by atoms with Crippen LogP contribution in [0.2, 0.25) is 0 Å². The van der Waals surface area contributed by atoms with E-state index in [9.17, 15) is 5.11 Å². The zero-order valence-electron chi connectivity index (χ0n) is 14.8. The number of aryl methyl sites for hydroxylation is 2. The van der Waals surface area contributed by atoms with Gasteiger partial charge in [0.2, 0.25) is 0 Å². The van der Waals surface area contributed by atoms with E-state index in [0.29, 0.717) is 19.6 Å². The van der Waals surface area contributed by atoms with Crippen molar-refractivity contribution in [3.05, 3.63) is 70.8 Å². The smallest absolute Gasteiger partial charge is 0.139 e. The van der Waals surface area contributed by atoms with Crippen LogP contribution in [0.15, 0.2) is 48.5 Å². The molecule has 3 atom stereocenters. The van der Waals surface area contributed by atoms with Crippen LogP contribution in [0, 0.1) is 13.8 Å². The first-order valence-electron chi connectivity index (χ1n) is 8.89. The number of benzene rings is 2. The van der Waals surface area contributed by atoms with Crippen LogP contribution in [-0.4, -0.2) is 35.4 Å². The summed E-state index contributed by atoms with van der Waals surface area (Å²) in [6, 6.07) is 17.0. The summed E-state index contributed by atoms with van der Waals surface area (Å²) in [4.78, 5) is 2.32. The van der Waals surface area contributed by atoms with Crippen LogP contribution in [0.4, 0.5) is 0 Å². The third-order valence-electron chi connectivity index (χ3n) is 5.37. The summed E-state index contributed by atoms with van der Waals surface area (Å²) >= 11 is 0. The molecule has 0 amide bonds. The Hall–Kier alpha value is -1.72. The van der Waals surface area contributed by atoms with E-state index in [4.69, 9.17) is 9.47 Å². The molecule has 4 rings (SSSR count). The summed E-state index contributed by atoms with van der Waals surface area (Å²) in [5, 5.41) is 9.62. The fraction of sp³-hybridized carbons (Fsp3) is 0.429. The lowest BCUT2D eigenvalue weighted by atomic mass is 9.96. The largest absolute Gasteiger partial charge is 0.396 e. The monoisotopic (exact) mass is 339 g/mol. The van der Waals surface area contributed by atoms with Gasteiger partial charge < -0.3 is 14.6 Å². The molecule has 25 heavy (non-hydrogen) atoms. The number of fused-ring (bicyclic) bond motifs is 1. The van der Waals surface area contributed by atoms with Crippen LogP contribution in [0.5, 0.6) is 0 Å². The first-order chi connectivity index (χ1) is 12.1. The average molecular weight is 339 g/mol. The minimum absolute atomic E-state index is 0.129. The van der Waals surface area contributed by atoms with Crippen LogP contribution in [0.25, 0.3) is 0 Å². The molecular weight excluding hydrogens is 314 g/mol. The fourth-order valence-corrected chi connectivity index (χ4v) is 3.90. The molecule has 2 heterocycles. The predicted octanol–water partition coefficient (Wildman–Crippen LogP) is 3.48. The van der Waals surface area contributed by atoms with Crippen LogP contribution in [0.3, 0.4) is 0 Å². The molecule has 0 saturated carbocycles. The maximum Gasteiger partial charge on any atom is 0.139 e. The Morgan fingerprint density at radius 1 is 0.880 bits per heavy atom. The van der Waals surface area contributed by atoms with E-state index >= 15 is 0 Å². The van der Waals surface area contributed by atoms with Gasteiger partial charge >= 0.3 is 0 Å². The molecule has 0 aromatic heterocycles. The quantitative estimate of drug-likeness (QED) is 0.926. The summed E-state index contributed by atoms with van der Waals surface area (Å²) in [7, 11) is 0. The topological polar surface area (TPSA) is 41.9 Å². The van der Waals surface area contributed by atoms with E-state index in [1.165, 1.54) is 11.1 Å². The van der Waals surface area contributed by atoms with E-state index in [0.717, 1.165) is 11.1 Å². The van der Waals surface area contributed by atoms with Gasteiger partial charge in [-0.2, -0.15) is 0 Å². The van der Waals surface area contributed by atoms with Crippen molar-refractivity contribution in [2.24, 2.45) is 0 Å². The van der Waals surface area contributed by atoms with E-state index in [2.05, 4.69) is 67.3 Å². The molecule has 2 saturated heterocycles. The van der Waals surface area contributed by atoms with Gasteiger partial charge in [-0.1, -0.05) is 59.7 Å². The van der Waals surface area contributed by atoms with Gasteiger partial charge in [0.05, 0.1) is 18.8 Å². The molecular formula is C21H25NO3. The predicted molar refractivity (Wildman–Crippen MR) is 96.0 cm³/mol. The van der Waals surface area contributed by atoms with Gasteiger partial charge in [0.1, 0.15) is 12.5 Å². The van der Waals surface area contributed by atoms with Crippen molar-refractivity contribution in [3.8, 4) is 0 Å². The second-order valence-electron chi connectivity index (χ2n) is 7.25. The third-order valence-corrected chi connectivity index (χ3v) is 5.37. The highest BCUT2D eigenvalue weighted by atomic mass is 16.6. The maximum atomic E-state index is 9.62. The van der Waals surface area contributed by atoms with Gasteiger partial charge in [0, 0.05) is 6.61 Å². The minimum atomic E-state index is -0.264. The molecule has 0 aliphatic carbocycles. The first-order valence-corrected chi connectivity index (χ1v) is 8.89. The van der Waals surface area contributed by atoms with Crippen LogP contribution < -0.4 is 0 Å². The van der Waals surface area contributed by atoms with Crippen LogP contribution in [-0.2, 0) is 9.47 Å². The lowest BCUT2D eigenvalue weighted by molar-refractivity contribution is -0.0623. The molecule has 2 aromatic carbocycles. The molecule has 0 bridgehead atoms. The minimum Gasteiger partial charge on any atom is -0.396 e. The maximum absolute atomic E-state index is 9.62. The van der Waals surface area contributed by atoms with Crippen molar-refractivity contribution < 1.29 is 14.6 Å². The number of hydrogen-bond acceptors (Lipinski definition) is 4. The van der Waals surface area contributed by atoms with Crippen LogP contribution >= 0.6 is 0 Å². The molecule has 1 unspecified atom stereocenters. The van der Waals surface area contributed by atoms with E-state index in [1.54, 1.807) is 0 Å². The van der Waals surface area contributed by atoms with Crippen molar-refractivity contribution in [3.63, 3.8) is 0 Å². The Balaban J connectivity index is 1.72. The standard InChI is InChI=1S/C21H25NO3/c1-15-3-7-17(8-4-15)19-22-20(18-9-5-16(2)6-10-18)25-14-21(22,11-12-23)13-24-19/h3-10,19-20,23H,11-14H2,1-2H3/t19-,20?,21-/m0/s1. The first kappa shape index (κ1) is 16.7. The third kappa shape index (κ3) is 2.89. The number of rotatable bonds is 4.